The fraction of sp³-hybridized carbons (Fsp3) is 0.917. The zero-order chi connectivity index (χ0) is 29.3. The fourth-order valence-corrected chi connectivity index (χ4v) is 4.47. The summed E-state index contributed by atoms with van der Waals surface area (Å²) in [5, 5.41) is 105. The third-order valence-corrected chi connectivity index (χ3v) is 6.75. The number of hydrogen-bond donors (Lipinski definition) is 11. The summed E-state index contributed by atoms with van der Waals surface area (Å²) in [6, 6.07) is 0. The molecule has 0 saturated carbocycles. The van der Waals surface area contributed by atoms with Gasteiger partial charge in [0.05, 0.1) is 38.1 Å². The van der Waals surface area contributed by atoms with Crippen molar-refractivity contribution in [3.8, 4) is 0 Å². The molecule has 3 heterocycles. The van der Waals surface area contributed by atoms with E-state index in [9.17, 15) is 46.0 Å². The van der Waals surface area contributed by atoms with Crippen molar-refractivity contribution in [1.29, 1.82) is 0 Å². The first kappa shape index (κ1) is 69.5. The molecule has 6 unspecified atom stereocenters. The van der Waals surface area contributed by atoms with Gasteiger partial charge in [-0.05, 0) is 6.92 Å². The number of ether oxygens (including phenoxy) is 5. The van der Waals surface area contributed by atoms with Crippen molar-refractivity contribution >= 4 is 0 Å². The largest absolute Gasteiger partial charge is 2.00 e. The molecule has 3 saturated heterocycles. The molecule has 20 nitrogen and oxygen atoms in total. The van der Waals surface area contributed by atoms with Crippen molar-refractivity contribution in [1.82, 2.24) is 0 Å². The molecule has 0 aromatic heterocycles. The Morgan fingerprint density at radius 1 is 0.489 bits per heavy atom. The second kappa shape index (κ2) is 33.9. The zero-order valence-corrected chi connectivity index (χ0v) is 30.4. The molecule has 0 spiro atoms. The van der Waals surface area contributed by atoms with Crippen LogP contribution < -0.4 is 0 Å². The van der Waals surface area contributed by atoms with Crippen molar-refractivity contribution in [2.75, 3.05) is 34.0 Å². The van der Waals surface area contributed by atoms with Crippen LogP contribution in [0, 0.1) is 20.8 Å². The molecule has 3 aliphatic rings. The van der Waals surface area contributed by atoms with Gasteiger partial charge in [0.2, 0.25) is 0 Å². The van der Waals surface area contributed by atoms with Crippen molar-refractivity contribution < 1.29 is 153 Å². The van der Waals surface area contributed by atoms with Gasteiger partial charge in [0.15, 0.2) is 12.6 Å². The van der Waals surface area contributed by atoms with E-state index in [2.05, 4.69) is 0 Å². The molecule has 0 aromatic rings. The molecule has 19 N–H and O–H groups in total. The van der Waals surface area contributed by atoms with Gasteiger partial charge < -0.3 is 117 Å². The molecule has 295 valence electrons. The van der Waals surface area contributed by atoms with E-state index >= 15 is 0 Å². The number of rotatable bonds is 7. The van der Waals surface area contributed by atoms with Gasteiger partial charge in [-0.25, -0.2) is 0 Å². The van der Waals surface area contributed by atoms with Crippen LogP contribution in [0.3, 0.4) is 0 Å². The van der Waals surface area contributed by atoms with Gasteiger partial charge in [0.1, 0.15) is 54.9 Å². The maximum absolute atomic E-state index is 10.7. The predicted molar refractivity (Wildman–Crippen MR) is 151 cm³/mol. The second-order valence-corrected chi connectivity index (χ2v) is 9.02. The Morgan fingerprint density at radius 3 is 1.15 bits per heavy atom. The second-order valence-electron chi connectivity index (χ2n) is 9.02. The average molecular weight is 832 g/mol. The Morgan fingerprint density at radius 2 is 0.787 bits per heavy atom. The van der Waals surface area contributed by atoms with Gasteiger partial charge in [0.25, 0.3) is 0 Å². The predicted octanol–water partition coefficient (Wildman–Crippen LogP) is -8.42. The van der Waals surface area contributed by atoms with E-state index in [-0.39, 0.29) is 88.0 Å². The summed E-state index contributed by atoms with van der Waals surface area (Å²) in [7, 11) is 2.00. The van der Waals surface area contributed by atoms with Crippen LogP contribution in [-0.2, 0) is 74.9 Å². The molecule has 3 fully saturated rings. The Hall–Kier alpha value is 0.758. The van der Waals surface area contributed by atoms with Crippen LogP contribution in [0.15, 0.2) is 0 Å². The molecular weight excluding hydrogens is 773 g/mol. The first-order chi connectivity index (χ1) is 18.0. The third kappa shape index (κ3) is 16.8. The van der Waals surface area contributed by atoms with Crippen LogP contribution >= 0.6 is 0 Å². The standard InChI is InChI=1S/C20H36O14.2CH4O.2CH3.3Mn.4H2O/c1-6-8(3-21)31-19(15(28)11(6)24)34-18-10(5-23)32-20(16(29)14(18)27)33-17-9(4-22)30-7(2)12(25)13(17)26;2*1-2;;;;;;;;;/h6-29H,3-5H2,1-2H3;2*2H,1H3;2*1H3;;;;4*1H2/q;;;2*-1;;;+2;;;;/t6-,7+,8?,9?,10+,11+,12?,13-,14?,15?,16?,17-,18-,19+,20+;;;;;;;;;;;/m1.........../s1. The van der Waals surface area contributed by atoms with Crippen molar-refractivity contribution in [3.63, 3.8) is 0 Å². The minimum absolute atomic E-state index is 0. The van der Waals surface area contributed by atoms with Gasteiger partial charge in [-0.3, -0.25) is 0 Å². The van der Waals surface area contributed by atoms with E-state index < -0.39 is 112 Å². The summed E-state index contributed by atoms with van der Waals surface area (Å²) in [5.74, 6) is -0.619. The SMILES string of the molecule is CO.CO.C[C@@H]1OC(CO)[C@@H](O[C@@H]2O[C@@H](CO)[C@@H](O[C@@H]3OC(CO)[C@@H](C)[C@H](O)C3O)C(O)C2O)[C@H](O)C1O.O.O.O.O.[CH3-].[CH3-].[Mn+2].[Mn].[Mn]. The maximum atomic E-state index is 10.7. The smallest absolute Gasteiger partial charge is 0.412 e. The summed E-state index contributed by atoms with van der Waals surface area (Å²) in [4.78, 5) is 0. The zero-order valence-electron chi connectivity index (χ0n) is 26.9. The topological polar surface area (TPSA) is 395 Å². The molecule has 3 radical (unpaired) electrons. The Bertz CT molecular complexity index is 661. The van der Waals surface area contributed by atoms with Crippen molar-refractivity contribution in [3.05, 3.63) is 14.9 Å². The molecule has 0 aliphatic carbocycles. The van der Waals surface area contributed by atoms with Crippen LogP contribution in [0.25, 0.3) is 0 Å². The van der Waals surface area contributed by atoms with Gasteiger partial charge in [-0.1, -0.05) is 6.92 Å². The third-order valence-electron chi connectivity index (χ3n) is 6.75. The summed E-state index contributed by atoms with van der Waals surface area (Å²) in [5.41, 5.74) is 0. The molecule has 23 heteroatoms. The maximum Gasteiger partial charge on any atom is 2.00 e. The average Bonchev–Trinajstić information content (AvgIpc) is 2.94. The van der Waals surface area contributed by atoms with Crippen molar-refractivity contribution in [2.24, 2.45) is 5.92 Å². The summed E-state index contributed by atoms with van der Waals surface area (Å²) in [6.07, 6.45) is -19.3. The Balaban J connectivity index is -0.000000153. The Labute approximate surface area is 306 Å². The molecule has 15 atom stereocenters. The van der Waals surface area contributed by atoms with Crippen LogP contribution in [0.5, 0.6) is 0 Å². The minimum atomic E-state index is -1.80. The molecule has 0 bridgehead atoms. The van der Waals surface area contributed by atoms with Crippen LogP contribution in [0.1, 0.15) is 13.8 Å². The molecule has 0 aromatic carbocycles. The van der Waals surface area contributed by atoms with Crippen LogP contribution in [-0.4, -0.2) is 198 Å². The van der Waals surface area contributed by atoms with E-state index in [0.717, 1.165) is 14.2 Å². The van der Waals surface area contributed by atoms with E-state index in [1.54, 1.807) is 6.92 Å². The molecule has 47 heavy (non-hydrogen) atoms. The molecule has 3 aliphatic heterocycles. The monoisotopic (exact) mass is 831 g/mol. The normalized spacial score (nSPS) is 38.2. The van der Waals surface area contributed by atoms with Crippen LogP contribution in [0.2, 0.25) is 0 Å². The van der Waals surface area contributed by atoms with E-state index in [0.29, 0.717) is 0 Å². The minimum Gasteiger partial charge on any atom is -0.412 e. The van der Waals surface area contributed by atoms with Crippen molar-refractivity contribution in [2.45, 2.75) is 99.7 Å². The fourth-order valence-electron chi connectivity index (χ4n) is 4.47. The first-order valence-electron chi connectivity index (χ1n) is 12.1. The summed E-state index contributed by atoms with van der Waals surface area (Å²) in [6.45, 7) is 1.27. The van der Waals surface area contributed by atoms with Gasteiger partial charge in [-0.15, -0.1) is 0 Å². The van der Waals surface area contributed by atoms with E-state index in [1.807, 2.05) is 0 Å². The molecule has 3 rings (SSSR count). The summed E-state index contributed by atoms with van der Waals surface area (Å²) < 4.78 is 27.5. The Kier molecular flexibility index (Phi) is 50.1. The number of aliphatic hydroxyl groups excluding tert-OH is 11. The summed E-state index contributed by atoms with van der Waals surface area (Å²) >= 11 is 0. The van der Waals surface area contributed by atoms with E-state index in [1.165, 1.54) is 6.92 Å². The van der Waals surface area contributed by atoms with E-state index in [4.69, 9.17) is 33.9 Å². The van der Waals surface area contributed by atoms with Gasteiger partial charge >= 0.3 is 17.1 Å². The number of aliphatic hydroxyl groups is 11. The first-order valence-corrected chi connectivity index (χ1v) is 12.1. The van der Waals surface area contributed by atoms with Gasteiger partial charge in [0, 0.05) is 54.3 Å². The molecule has 0 amide bonds. The number of hydrogen-bond acceptors (Lipinski definition) is 16. The van der Waals surface area contributed by atoms with Crippen LogP contribution in [0.4, 0.5) is 0 Å². The molecular formula is C24H58Mn3O20. The quantitative estimate of drug-likeness (QED) is 0.0838. The van der Waals surface area contributed by atoms with Gasteiger partial charge in [-0.2, -0.15) is 0 Å².